The summed E-state index contributed by atoms with van der Waals surface area (Å²) in [6.45, 7) is 4.24. The van der Waals surface area contributed by atoms with Gasteiger partial charge in [-0.2, -0.15) is 0 Å². The average Bonchev–Trinajstić information content (AvgIpc) is 2.75. The molecular formula is C16H25N3. The van der Waals surface area contributed by atoms with E-state index >= 15 is 0 Å². The molecule has 0 radical (unpaired) electrons. The van der Waals surface area contributed by atoms with Crippen LogP contribution >= 0.6 is 0 Å². The van der Waals surface area contributed by atoms with E-state index in [2.05, 4.69) is 12.2 Å². The Morgan fingerprint density at radius 3 is 2.63 bits per heavy atom. The number of aryl methyl sites for hydroxylation is 1. The van der Waals surface area contributed by atoms with E-state index in [1.807, 2.05) is 0 Å². The molecule has 0 saturated heterocycles. The lowest BCUT2D eigenvalue weighted by Gasteiger charge is -2.22. The highest BCUT2D eigenvalue weighted by Gasteiger charge is 2.22. The first kappa shape index (κ1) is 13.0. The molecule has 1 aliphatic carbocycles. The number of fused-ring (bicyclic) bond motifs is 1. The van der Waals surface area contributed by atoms with E-state index in [4.69, 9.17) is 9.97 Å². The van der Waals surface area contributed by atoms with Crippen molar-refractivity contribution in [2.24, 2.45) is 0 Å². The highest BCUT2D eigenvalue weighted by Crippen LogP contribution is 2.31. The molecule has 104 valence electrons. The number of nitrogens with one attached hydrogen (secondary N) is 1. The Morgan fingerprint density at radius 1 is 1.11 bits per heavy atom. The Kier molecular flexibility index (Phi) is 4.12. The van der Waals surface area contributed by atoms with Crippen molar-refractivity contribution in [1.82, 2.24) is 15.3 Å². The van der Waals surface area contributed by atoms with Gasteiger partial charge in [0.2, 0.25) is 0 Å². The zero-order valence-electron chi connectivity index (χ0n) is 12.0. The molecule has 1 fully saturated rings. The molecule has 2 aliphatic rings. The van der Waals surface area contributed by atoms with Crippen molar-refractivity contribution in [3.05, 3.63) is 22.8 Å². The van der Waals surface area contributed by atoms with Crippen molar-refractivity contribution in [1.29, 1.82) is 0 Å². The lowest BCUT2D eigenvalue weighted by atomic mass is 9.97. The molecule has 0 unspecified atom stereocenters. The summed E-state index contributed by atoms with van der Waals surface area (Å²) in [7, 11) is 0. The molecule has 0 aromatic carbocycles. The van der Waals surface area contributed by atoms with Gasteiger partial charge in [-0.25, -0.2) is 9.97 Å². The topological polar surface area (TPSA) is 37.8 Å². The van der Waals surface area contributed by atoms with Gasteiger partial charge in [0.15, 0.2) is 0 Å². The van der Waals surface area contributed by atoms with E-state index in [0.29, 0.717) is 5.92 Å². The Balaban J connectivity index is 1.92. The van der Waals surface area contributed by atoms with E-state index in [0.717, 1.165) is 31.8 Å². The second kappa shape index (κ2) is 6.00. The van der Waals surface area contributed by atoms with Crippen molar-refractivity contribution >= 4 is 0 Å². The molecule has 3 nitrogen and oxygen atoms in total. The van der Waals surface area contributed by atoms with Gasteiger partial charge in [0, 0.05) is 36.7 Å². The number of rotatable bonds is 2. The number of hydrogen-bond donors (Lipinski definition) is 1. The monoisotopic (exact) mass is 259 g/mol. The molecule has 1 saturated carbocycles. The second-order valence-corrected chi connectivity index (χ2v) is 5.92. The molecule has 0 bridgehead atoms. The minimum atomic E-state index is 0.619. The van der Waals surface area contributed by atoms with Crippen molar-refractivity contribution in [3.8, 4) is 0 Å². The molecule has 1 aliphatic heterocycles. The highest BCUT2D eigenvalue weighted by molar-refractivity contribution is 5.29. The SMILES string of the molecule is CCc1nc(C2CCCCCC2)nc2c1CNCC2. The van der Waals surface area contributed by atoms with Gasteiger partial charge in [-0.3, -0.25) is 0 Å². The van der Waals surface area contributed by atoms with Crippen molar-refractivity contribution in [3.63, 3.8) is 0 Å². The maximum absolute atomic E-state index is 4.94. The summed E-state index contributed by atoms with van der Waals surface area (Å²) >= 11 is 0. The van der Waals surface area contributed by atoms with Crippen LogP contribution in [0, 0.1) is 0 Å². The molecule has 0 amide bonds. The molecule has 19 heavy (non-hydrogen) atoms. The maximum Gasteiger partial charge on any atom is 0.131 e. The molecule has 2 heterocycles. The number of nitrogens with zero attached hydrogens (tertiary/aromatic N) is 2. The van der Waals surface area contributed by atoms with Crippen LogP contribution in [-0.2, 0) is 19.4 Å². The third-order valence-corrected chi connectivity index (χ3v) is 4.59. The van der Waals surface area contributed by atoms with Gasteiger partial charge in [-0.05, 0) is 19.3 Å². The predicted molar refractivity (Wildman–Crippen MR) is 77.3 cm³/mol. The minimum absolute atomic E-state index is 0.619. The fraction of sp³-hybridized carbons (Fsp3) is 0.750. The molecular weight excluding hydrogens is 234 g/mol. The standard InChI is InChI=1S/C16H25N3/c1-2-14-13-11-17-10-9-15(13)19-16(18-14)12-7-5-3-4-6-8-12/h12,17H,2-11H2,1H3. The largest absolute Gasteiger partial charge is 0.312 e. The van der Waals surface area contributed by atoms with E-state index in [1.54, 1.807) is 0 Å². The summed E-state index contributed by atoms with van der Waals surface area (Å²) < 4.78 is 0. The quantitative estimate of drug-likeness (QED) is 0.829. The van der Waals surface area contributed by atoms with Gasteiger partial charge >= 0.3 is 0 Å². The summed E-state index contributed by atoms with van der Waals surface area (Å²) in [4.78, 5) is 9.85. The molecule has 3 rings (SSSR count). The highest BCUT2D eigenvalue weighted by atomic mass is 15.0. The van der Waals surface area contributed by atoms with Gasteiger partial charge in [-0.1, -0.05) is 32.6 Å². The Hall–Kier alpha value is -0.960. The van der Waals surface area contributed by atoms with Crippen LogP contribution in [0.4, 0.5) is 0 Å². The van der Waals surface area contributed by atoms with Crippen LogP contribution in [0.3, 0.4) is 0 Å². The Morgan fingerprint density at radius 2 is 1.89 bits per heavy atom. The van der Waals surface area contributed by atoms with Crippen LogP contribution in [0.15, 0.2) is 0 Å². The normalized spacial score (nSPS) is 20.9. The third kappa shape index (κ3) is 2.81. The zero-order chi connectivity index (χ0) is 13.1. The first-order valence-electron chi connectivity index (χ1n) is 7.97. The van der Waals surface area contributed by atoms with Crippen LogP contribution in [-0.4, -0.2) is 16.5 Å². The summed E-state index contributed by atoms with van der Waals surface area (Å²) in [5, 5.41) is 3.44. The van der Waals surface area contributed by atoms with Crippen LogP contribution in [0.1, 0.15) is 74.1 Å². The molecule has 0 spiro atoms. The van der Waals surface area contributed by atoms with Crippen molar-refractivity contribution in [2.45, 2.75) is 70.8 Å². The summed E-state index contributed by atoms with van der Waals surface area (Å²) in [6.07, 6.45) is 10.2. The van der Waals surface area contributed by atoms with E-state index in [9.17, 15) is 0 Å². The first-order chi connectivity index (χ1) is 9.38. The molecule has 1 aromatic heterocycles. The smallest absolute Gasteiger partial charge is 0.131 e. The van der Waals surface area contributed by atoms with Gasteiger partial charge in [0.25, 0.3) is 0 Å². The van der Waals surface area contributed by atoms with Crippen molar-refractivity contribution < 1.29 is 0 Å². The van der Waals surface area contributed by atoms with Crippen molar-refractivity contribution in [2.75, 3.05) is 6.54 Å². The van der Waals surface area contributed by atoms with Crippen LogP contribution < -0.4 is 5.32 Å². The van der Waals surface area contributed by atoms with E-state index in [-0.39, 0.29) is 0 Å². The first-order valence-corrected chi connectivity index (χ1v) is 7.97. The van der Waals surface area contributed by atoms with Crippen LogP contribution in [0.25, 0.3) is 0 Å². The lowest BCUT2D eigenvalue weighted by Crippen LogP contribution is -2.27. The van der Waals surface area contributed by atoms with Crippen LogP contribution in [0.5, 0.6) is 0 Å². The summed E-state index contributed by atoms with van der Waals surface area (Å²) in [5.41, 5.74) is 3.99. The Labute approximate surface area is 116 Å². The predicted octanol–water partition coefficient (Wildman–Crippen LogP) is 3.12. The number of aromatic nitrogens is 2. The van der Waals surface area contributed by atoms with Gasteiger partial charge in [0.05, 0.1) is 5.69 Å². The second-order valence-electron chi connectivity index (χ2n) is 5.92. The molecule has 1 aromatic rings. The van der Waals surface area contributed by atoms with Gasteiger partial charge < -0.3 is 5.32 Å². The summed E-state index contributed by atoms with van der Waals surface area (Å²) in [6, 6.07) is 0. The van der Waals surface area contributed by atoms with Crippen LogP contribution in [0.2, 0.25) is 0 Å². The van der Waals surface area contributed by atoms with E-state index in [1.165, 1.54) is 55.5 Å². The fourth-order valence-corrected chi connectivity index (χ4v) is 3.45. The number of hydrogen-bond acceptors (Lipinski definition) is 3. The maximum atomic E-state index is 4.94. The summed E-state index contributed by atoms with van der Waals surface area (Å²) in [5.74, 6) is 1.77. The molecule has 1 N–H and O–H groups in total. The zero-order valence-corrected chi connectivity index (χ0v) is 12.0. The third-order valence-electron chi connectivity index (χ3n) is 4.59. The lowest BCUT2D eigenvalue weighted by molar-refractivity contribution is 0.540. The minimum Gasteiger partial charge on any atom is -0.312 e. The van der Waals surface area contributed by atoms with E-state index < -0.39 is 0 Å². The fourth-order valence-electron chi connectivity index (χ4n) is 3.45. The average molecular weight is 259 g/mol. The molecule has 0 atom stereocenters. The van der Waals surface area contributed by atoms with Gasteiger partial charge in [0.1, 0.15) is 5.82 Å². The molecule has 3 heteroatoms. The Bertz CT molecular complexity index is 417. The van der Waals surface area contributed by atoms with Gasteiger partial charge in [-0.15, -0.1) is 0 Å².